The van der Waals surface area contributed by atoms with E-state index in [1.807, 2.05) is 11.8 Å². The highest BCUT2D eigenvalue weighted by molar-refractivity contribution is 7.99. The molecule has 2 N–H and O–H groups in total. The van der Waals surface area contributed by atoms with Gasteiger partial charge in [-0.15, -0.1) is 0 Å². The predicted molar refractivity (Wildman–Crippen MR) is 72.3 cm³/mol. The molecular formula is C13H14F3NO2S. The van der Waals surface area contributed by atoms with Crippen molar-refractivity contribution in [3.8, 4) is 0 Å². The summed E-state index contributed by atoms with van der Waals surface area (Å²) < 4.78 is 38.5. The van der Waals surface area contributed by atoms with E-state index in [4.69, 9.17) is 5.11 Å². The Bertz CT molecular complexity index is 499. The van der Waals surface area contributed by atoms with E-state index in [1.165, 1.54) is 6.07 Å². The molecule has 1 atom stereocenters. The van der Waals surface area contributed by atoms with E-state index >= 15 is 0 Å². The number of carboxylic acid groups (broad SMARTS) is 1. The first-order valence-electron chi connectivity index (χ1n) is 6.14. The smallest absolute Gasteiger partial charge is 0.417 e. The molecule has 0 bridgehead atoms. The van der Waals surface area contributed by atoms with Crippen LogP contribution in [0.5, 0.6) is 0 Å². The number of anilines is 1. The molecular weight excluding hydrogens is 291 g/mol. The molecule has 1 aromatic rings. The Balaban J connectivity index is 2.16. The first kappa shape index (κ1) is 15.0. The van der Waals surface area contributed by atoms with Gasteiger partial charge in [0.15, 0.2) is 0 Å². The Morgan fingerprint density at radius 2 is 2.20 bits per heavy atom. The second-order valence-corrected chi connectivity index (χ2v) is 5.82. The van der Waals surface area contributed by atoms with Crippen LogP contribution in [0.1, 0.15) is 22.3 Å². The lowest BCUT2D eigenvalue weighted by atomic mass is 10.1. The van der Waals surface area contributed by atoms with Gasteiger partial charge in [0.1, 0.15) is 0 Å². The number of benzene rings is 1. The van der Waals surface area contributed by atoms with E-state index in [0.29, 0.717) is 18.2 Å². The lowest BCUT2D eigenvalue weighted by molar-refractivity contribution is -0.138. The Kier molecular flexibility index (Phi) is 4.47. The minimum Gasteiger partial charge on any atom is -0.478 e. The molecule has 1 heterocycles. The first-order chi connectivity index (χ1) is 9.38. The second kappa shape index (κ2) is 5.95. The van der Waals surface area contributed by atoms with Crippen LogP contribution < -0.4 is 5.32 Å². The van der Waals surface area contributed by atoms with Crippen molar-refractivity contribution < 1.29 is 23.1 Å². The summed E-state index contributed by atoms with van der Waals surface area (Å²) in [5.41, 5.74) is -1.53. The lowest BCUT2D eigenvalue weighted by Gasteiger charge is -2.15. The van der Waals surface area contributed by atoms with Crippen LogP contribution in [0.15, 0.2) is 18.2 Å². The Labute approximate surface area is 118 Å². The van der Waals surface area contributed by atoms with E-state index < -0.39 is 23.3 Å². The third-order valence-corrected chi connectivity index (χ3v) is 4.41. The van der Waals surface area contributed by atoms with Crippen LogP contribution in [0.4, 0.5) is 18.9 Å². The van der Waals surface area contributed by atoms with Gasteiger partial charge in [0.25, 0.3) is 0 Å². The number of halogens is 3. The largest absolute Gasteiger partial charge is 0.478 e. The molecule has 7 heteroatoms. The van der Waals surface area contributed by atoms with Crippen LogP contribution in [0.2, 0.25) is 0 Å². The quantitative estimate of drug-likeness (QED) is 0.893. The van der Waals surface area contributed by atoms with Crippen molar-refractivity contribution in [2.75, 3.05) is 23.4 Å². The zero-order valence-corrected chi connectivity index (χ0v) is 11.4. The highest BCUT2D eigenvalue weighted by atomic mass is 32.2. The second-order valence-electron chi connectivity index (χ2n) is 4.67. The number of hydrogen-bond acceptors (Lipinski definition) is 3. The van der Waals surface area contributed by atoms with Gasteiger partial charge in [-0.2, -0.15) is 24.9 Å². The molecule has 110 valence electrons. The summed E-state index contributed by atoms with van der Waals surface area (Å²) in [6, 6.07) is 3.24. The average Bonchev–Trinajstić information content (AvgIpc) is 2.88. The molecule has 1 fully saturated rings. The van der Waals surface area contributed by atoms with Crippen molar-refractivity contribution in [3.05, 3.63) is 29.3 Å². The number of carboxylic acids is 1. The van der Waals surface area contributed by atoms with Crippen LogP contribution in [-0.2, 0) is 6.18 Å². The van der Waals surface area contributed by atoms with Crippen LogP contribution in [0, 0.1) is 5.92 Å². The van der Waals surface area contributed by atoms with E-state index in [-0.39, 0.29) is 0 Å². The molecule has 1 saturated heterocycles. The van der Waals surface area contributed by atoms with Crippen LogP contribution in [0.3, 0.4) is 0 Å². The number of rotatable bonds is 4. The molecule has 20 heavy (non-hydrogen) atoms. The zero-order chi connectivity index (χ0) is 14.8. The summed E-state index contributed by atoms with van der Waals surface area (Å²) in [6.45, 7) is 0.608. The van der Waals surface area contributed by atoms with E-state index in [2.05, 4.69) is 5.32 Å². The standard InChI is InChI=1S/C13H14F3NO2S/c14-13(15,16)11-5-9(1-2-10(11)12(18)19)17-6-8-3-4-20-7-8/h1-2,5,8,17H,3-4,6-7H2,(H,18,19). The summed E-state index contributed by atoms with van der Waals surface area (Å²) in [6.07, 6.45) is -3.62. The molecule has 3 nitrogen and oxygen atoms in total. The maximum atomic E-state index is 12.8. The fourth-order valence-electron chi connectivity index (χ4n) is 2.08. The molecule has 0 saturated carbocycles. The minimum atomic E-state index is -4.67. The van der Waals surface area contributed by atoms with Crippen molar-refractivity contribution in [1.29, 1.82) is 0 Å². The molecule has 0 aliphatic carbocycles. The summed E-state index contributed by atoms with van der Waals surface area (Å²) in [5.74, 6) is 0.967. The summed E-state index contributed by atoms with van der Waals surface area (Å²) in [5, 5.41) is 11.8. The van der Waals surface area contributed by atoms with Crippen molar-refractivity contribution in [2.24, 2.45) is 5.92 Å². The van der Waals surface area contributed by atoms with E-state index in [0.717, 1.165) is 30.1 Å². The van der Waals surface area contributed by atoms with Crippen molar-refractivity contribution >= 4 is 23.4 Å². The number of alkyl halides is 3. The molecule has 0 aromatic heterocycles. The monoisotopic (exact) mass is 305 g/mol. The highest BCUT2D eigenvalue weighted by Gasteiger charge is 2.35. The number of nitrogens with one attached hydrogen (secondary N) is 1. The van der Waals surface area contributed by atoms with Gasteiger partial charge in [0, 0.05) is 12.2 Å². The molecule has 2 rings (SSSR count). The van der Waals surface area contributed by atoms with Gasteiger partial charge in [0.2, 0.25) is 0 Å². The van der Waals surface area contributed by atoms with Crippen LogP contribution in [0.25, 0.3) is 0 Å². The van der Waals surface area contributed by atoms with Gasteiger partial charge in [-0.3, -0.25) is 0 Å². The van der Waals surface area contributed by atoms with E-state index in [1.54, 1.807) is 0 Å². The third kappa shape index (κ3) is 3.59. The molecule has 0 radical (unpaired) electrons. The van der Waals surface area contributed by atoms with Gasteiger partial charge < -0.3 is 10.4 Å². The van der Waals surface area contributed by atoms with Crippen molar-refractivity contribution in [2.45, 2.75) is 12.6 Å². The topological polar surface area (TPSA) is 49.3 Å². The van der Waals surface area contributed by atoms with Crippen molar-refractivity contribution in [3.63, 3.8) is 0 Å². The Morgan fingerprint density at radius 1 is 1.45 bits per heavy atom. The number of carbonyl (C=O) groups is 1. The third-order valence-electron chi connectivity index (χ3n) is 3.17. The summed E-state index contributed by atoms with van der Waals surface area (Å²) in [4.78, 5) is 10.8. The maximum absolute atomic E-state index is 12.8. The fraction of sp³-hybridized carbons (Fsp3) is 0.462. The molecule has 1 aliphatic heterocycles. The number of thioether (sulfide) groups is 1. The van der Waals surface area contributed by atoms with Crippen LogP contribution >= 0.6 is 11.8 Å². The fourth-order valence-corrected chi connectivity index (χ4v) is 3.37. The molecule has 1 aromatic carbocycles. The molecule has 0 amide bonds. The van der Waals surface area contributed by atoms with Gasteiger partial charge in [-0.1, -0.05) is 0 Å². The summed E-state index contributed by atoms with van der Waals surface area (Å²) in [7, 11) is 0. The van der Waals surface area contributed by atoms with Gasteiger partial charge in [-0.25, -0.2) is 4.79 Å². The number of aromatic carboxylic acids is 1. The van der Waals surface area contributed by atoms with Gasteiger partial charge in [0.05, 0.1) is 11.1 Å². The Hall–Kier alpha value is -1.37. The van der Waals surface area contributed by atoms with Gasteiger partial charge >= 0.3 is 12.1 Å². The normalized spacial score (nSPS) is 19.1. The number of hydrogen-bond donors (Lipinski definition) is 2. The molecule has 0 spiro atoms. The highest BCUT2D eigenvalue weighted by Crippen LogP contribution is 2.34. The van der Waals surface area contributed by atoms with E-state index in [9.17, 15) is 18.0 Å². The SMILES string of the molecule is O=C(O)c1ccc(NCC2CCSC2)cc1C(F)(F)F. The predicted octanol–water partition coefficient (Wildman–Crippen LogP) is 3.57. The van der Waals surface area contributed by atoms with Crippen LogP contribution in [-0.4, -0.2) is 29.1 Å². The minimum absolute atomic E-state index is 0.305. The van der Waals surface area contributed by atoms with Gasteiger partial charge in [-0.05, 0) is 42.0 Å². The first-order valence-corrected chi connectivity index (χ1v) is 7.29. The Morgan fingerprint density at radius 3 is 2.75 bits per heavy atom. The lowest BCUT2D eigenvalue weighted by Crippen LogP contribution is -2.16. The van der Waals surface area contributed by atoms with Crippen molar-refractivity contribution in [1.82, 2.24) is 0 Å². The zero-order valence-electron chi connectivity index (χ0n) is 10.5. The molecule has 1 aliphatic rings. The summed E-state index contributed by atoms with van der Waals surface area (Å²) >= 11 is 1.83. The molecule has 1 unspecified atom stereocenters. The maximum Gasteiger partial charge on any atom is 0.417 e. The average molecular weight is 305 g/mol.